The van der Waals surface area contributed by atoms with Crippen LogP contribution in [0.3, 0.4) is 0 Å². The van der Waals surface area contributed by atoms with E-state index >= 15 is 0 Å². The maximum Gasteiger partial charge on any atom is 0.293 e. The molecule has 2 aromatic carbocycles. The van der Waals surface area contributed by atoms with Gasteiger partial charge in [-0.25, -0.2) is 0 Å². The molecule has 3 aromatic rings. The van der Waals surface area contributed by atoms with Crippen LogP contribution in [0, 0.1) is 0 Å². The Kier molecular flexibility index (Phi) is 9.09. The third-order valence-electron chi connectivity index (χ3n) is 9.09. The quantitative estimate of drug-likeness (QED) is 0.401. The number of carbonyl (C=O) groups is 3. The molecule has 10 heteroatoms. The lowest BCUT2D eigenvalue weighted by molar-refractivity contribution is -0.136. The van der Waals surface area contributed by atoms with Gasteiger partial charge in [-0.2, -0.15) is 0 Å². The van der Waals surface area contributed by atoms with E-state index in [4.69, 9.17) is 16.1 Å². The van der Waals surface area contributed by atoms with Crippen molar-refractivity contribution in [1.82, 2.24) is 25.6 Å². The first-order valence-electron chi connectivity index (χ1n) is 15.3. The Morgan fingerprint density at radius 3 is 2.51 bits per heavy atom. The molecule has 3 atom stereocenters. The molecule has 226 valence electrons. The highest BCUT2D eigenvalue weighted by Crippen LogP contribution is 2.29. The molecule has 3 aliphatic rings. The molecule has 1 aromatic heterocycles. The van der Waals surface area contributed by atoms with Crippen LogP contribution in [0.25, 0.3) is 0 Å². The number of amides is 3. The van der Waals surface area contributed by atoms with Crippen molar-refractivity contribution >= 4 is 29.3 Å². The van der Waals surface area contributed by atoms with Crippen LogP contribution in [0.2, 0.25) is 5.02 Å². The predicted octanol–water partition coefficient (Wildman–Crippen LogP) is 4.15. The van der Waals surface area contributed by atoms with E-state index in [1.807, 2.05) is 29.2 Å². The number of hydrogen-bond acceptors (Lipinski definition) is 6. The number of rotatable bonds is 8. The summed E-state index contributed by atoms with van der Waals surface area (Å²) in [6, 6.07) is 15.9. The van der Waals surface area contributed by atoms with Crippen LogP contribution in [0.5, 0.6) is 0 Å². The highest BCUT2D eigenvalue weighted by Gasteiger charge is 2.40. The van der Waals surface area contributed by atoms with Gasteiger partial charge in [0.05, 0.1) is 18.3 Å². The molecule has 1 saturated heterocycles. The molecule has 2 N–H and O–H groups in total. The SMILES string of the molecule is O=C(N[C@H](Cc1ccc(Cl)cc1)C(=O)N1CC[C@@H](N(C(=O)c2ccno2)C2CCCCC2)C1)[C@H]1Cc2ccccc2CN1. The van der Waals surface area contributed by atoms with Gasteiger partial charge in [0.15, 0.2) is 0 Å². The van der Waals surface area contributed by atoms with Gasteiger partial charge in [0.25, 0.3) is 5.91 Å². The maximum atomic E-state index is 14.1. The molecule has 6 rings (SSSR count). The summed E-state index contributed by atoms with van der Waals surface area (Å²) in [4.78, 5) is 45.0. The molecule has 0 bridgehead atoms. The topological polar surface area (TPSA) is 108 Å². The number of aromatic nitrogens is 1. The Labute approximate surface area is 256 Å². The van der Waals surface area contributed by atoms with Gasteiger partial charge in [0, 0.05) is 43.2 Å². The van der Waals surface area contributed by atoms with Crippen molar-refractivity contribution in [2.24, 2.45) is 0 Å². The van der Waals surface area contributed by atoms with Crippen molar-refractivity contribution in [2.75, 3.05) is 13.1 Å². The monoisotopic (exact) mass is 603 g/mol. The van der Waals surface area contributed by atoms with Gasteiger partial charge in [0.1, 0.15) is 6.04 Å². The summed E-state index contributed by atoms with van der Waals surface area (Å²) < 4.78 is 5.25. The second kappa shape index (κ2) is 13.3. The fourth-order valence-corrected chi connectivity index (χ4v) is 6.93. The van der Waals surface area contributed by atoms with Crippen molar-refractivity contribution in [2.45, 2.75) is 82.1 Å². The van der Waals surface area contributed by atoms with Crippen molar-refractivity contribution in [1.29, 1.82) is 0 Å². The summed E-state index contributed by atoms with van der Waals surface area (Å²) in [5.74, 6) is -0.275. The van der Waals surface area contributed by atoms with E-state index in [1.54, 1.807) is 23.1 Å². The molecule has 1 aliphatic carbocycles. The van der Waals surface area contributed by atoms with E-state index in [0.29, 0.717) is 43.9 Å². The van der Waals surface area contributed by atoms with Gasteiger partial charge in [-0.1, -0.05) is 72.4 Å². The molecule has 3 heterocycles. The van der Waals surface area contributed by atoms with E-state index < -0.39 is 12.1 Å². The van der Waals surface area contributed by atoms with Crippen LogP contribution in [0.4, 0.5) is 0 Å². The highest BCUT2D eigenvalue weighted by molar-refractivity contribution is 6.30. The first-order chi connectivity index (χ1) is 21.0. The molecular weight excluding hydrogens is 566 g/mol. The number of nitrogens with zero attached hydrogens (tertiary/aromatic N) is 3. The minimum Gasteiger partial charge on any atom is -0.351 e. The normalized spacial score (nSPS) is 21.2. The van der Waals surface area contributed by atoms with E-state index in [1.165, 1.54) is 18.2 Å². The minimum atomic E-state index is -0.750. The maximum absolute atomic E-state index is 14.1. The molecular formula is C33H38ClN5O4. The summed E-state index contributed by atoms with van der Waals surface area (Å²) in [7, 11) is 0. The molecule has 2 fully saturated rings. The lowest BCUT2D eigenvalue weighted by Gasteiger charge is -2.38. The molecule has 0 spiro atoms. The summed E-state index contributed by atoms with van der Waals surface area (Å²) in [5.41, 5.74) is 3.24. The zero-order valence-corrected chi connectivity index (χ0v) is 25.0. The van der Waals surface area contributed by atoms with Gasteiger partial charge in [-0.3, -0.25) is 14.4 Å². The fraction of sp³-hybridized carbons (Fsp3) is 0.455. The number of carbonyl (C=O) groups excluding carboxylic acids is 3. The second-order valence-electron chi connectivity index (χ2n) is 11.9. The summed E-state index contributed by atoms with van der Waals surface area (Å²) in [5, 5.41) is 10.8. The Bertz CT molecular complexity index is 1420. The van der Waals surface area contributed by atoms with Crippen LogP contribution in [-0.4, -0.2) is 69.9 Å². The third kappa shape index (κ3) is 6.78. The Balaban J connectivity index is 1.18. The third-order valence-corrected chi connectivity index (χ3v) is 9.34. The van der Waals surface area contributed by atoms with E-state index in [-0.39, 0.29) is 35.6 Å². The first-order valence-corrected chi connectivity index (χ1v) is 15.7. The van der Waals surface area contributed by atoms with Gasteiger partial charge in [-0.15, -0.1) is 0 Å². The van der Waals surface area contributed by atoms with Gasteiger partial charge >= 0.3 is 0 Å². The second-order valence-corrected chi connectivity index (χ2v) is 12.3. The number of halogens is 1. The number of nitrogens with one attached hydrogen (secondary N) is 2. The molecule has 2 aliphatic heterocycles. The van der Waals surface area contributed by atoms with Crippen LogP contribution in [-0.2, 0) is 29.0 Å². The molecule has 0 unspecified atom stereocenters. The number of hydrogen-bond donors (Lipinski definition) is 2. The van der Waals surface area contributed by atoms with E-state index in [2.05, 4.69) is 27.9 Å². The smallest absolute Gasteiger partial charge is 0.293 e. The average molecular weight is 604 g/mol. The Morgan fingerprint density at radius 2 is 1.77 bits per heavy atom. The zero-order chi connectivity index (χ0) is 29.8. The number of likely N-dealkylation sites (tertiary alicyclic amines) is 1. The van der Waals surface area contributed by atoms with Crippen LogP contribution in [0.1, 0.15) is 65.8 Å². The molecule has 9 nitrogen and oxygen atoms in total. The molecule has 43 heavy (non-hydrogen) atoms. The predicted molar refractivity (Wildman–Crippen MR) is 162 cm³/mol. The lowest BCUT2D eigenvalue weighted by Crippen LogP contribution is -2.56. The first kappa shape index (κ1) is 29.4. The highest BCUT2D eigenvalue weighted by atomic mass is 35.5. The summed E-state index contributed by atoms with van der Waals surface area (Å²) in [6.07, 6.45) is 8.28. The van der Waals surface area contributed by atoms with Crippen molar-refractivity contribution < 1.29 is 18.9 Å². The number of fused-ring (bicyclic) bond motifs is 1. The standard InChI is InChI=1S/C33H38ClN5O4/c34-25-12-10-22(11-13-25)18-29(37-31(40)28-19-23-6-4-5-7-24(23)20-35-28)32(41)38-17-15-27(21-38)39(26-8-2-1-3-9-26)33(42)30-14-16-36-43-30/h4-7,10-14,16,26-29,35H,1-3,8-9,15,17-21H2,(H,37,40)/t27-,28-,29-/m1/s1. The van der Waals surface area contributed by atoms with E-state index in [9.17, 15) is 14.4 Å². The number of benzene rings is 2. The van der Waals surface area contributed by atoms with Gasteiger partial charge < -0.3 is 25.0 Å². The summed E-state index contributed by atoms with van der Waals surface area (Å²) in [6.45, 7) is 1.53. The van der Waals surface area contributed by atoms with Gasteiger partial charge in [-0.05, 0) is 54.5 Å². The van der Waals surface area contributed by atoms with Crippen LogP contribution < -0.4 is 10.6 Å². The van der Waals surface area contributed by atoms with Crippen molar-refractivity contribution in [3.05, 3.63) is 88.3 Å². The van der Waals surface area contributed by atoms with Crippen molar-refractivity contribution in [3.8, 4) is 0 Å². The van der Waals surface area contributed by atoms with Crippen molar-refractivity contribution in [3.63, 3.8) is 0 Å². The Morgan fingerprint density at radius 1 is 1.00 bits per heavy atom. The molecule has 0 radical (unpaired) electrons. The zero-order valence-electron chi connectivity index (χ0n) is 24.2. The minimum absolute atomic E-state index is 0.108. The van der Waals surface area contributed by atoms with Gasteiger partial charge in [0.2, 0.25) is 17.6 Å². The largest absolute Gasteiger partial charge is 0.351 e. The Hall–Kier alpha value is -3.69. The molecule has 1 saturated carbocycles. The fourth-order valence-electron chi connectivity index (χ4n) is 6.80. The van der Waals surface area contributed by atoms with Crippen LogP contribution in [0.15, 0.2) is 65.3 Å². The average Bonchev–Trinajstić information content (AvgIpc) is 3.75. The van der Waals surface area contributed by atoms with E-state index in [0.717, 1.165) is 36.8 Å². The molecule has 3 amide bonds. The lowest BCUT2D eigenvalue weighted by atomic mass is 9.92. The summed E-state index contributed by atoms with van der Waals surface area (Å²) >= 11 is 6.12. The van der Waals surface area contributed by atoms with Crippen LogP contribution >= 0.6 is 11.6 Å².